The topological polar surface area (TPSA) is 85.3 Å². The third-order valence-corrected chi connectivity index (χ3v) is 3.39. The Morgan fingerprint density at radius 2 is 2.39 bits per heavy atom. The lowest BCUT2D eigenvalue weighted by atomic mass is 10.0. The summed E-state index contributed by atoms with van der Waals surface area (Å²) in [6.45, 7) is 1.22. The van der Waals surface area contributed by atoms with E-state index in [9.17, 15) is 10.1 Å². The van der Waals surface area contributed by atoms with Gasteiger partial charge in [-0.1, -0.05) is 11.6 Å². The maximum atomic E-state index is 11.1. The van der Waals surface area contributed by atoms with Crippen LogP contribution in [0.15, 0.2) is 12.3 Å². The van der Waals surface area contributed by atoms with Gasteiger partial charge in [-0.25, -0.2) is 4.98 Å². The van der Waals surface area contributed by atoms with E-state index in [0.29, 0.717) is 12.4 Å². The van der Waals surface area contributed by atoms with Crippen molar-refractivity contribution in [1.82, 2.24) is 4.98 Å². The number of pyridine rings is 1. The van der Waals surface area contributed by atoms with Crippen LogP contribution >= 0.6 is 11.6 Å². The molecule has 1 aromatic rings. The molecule has 0 aliphatic carbocycles. The number of rotatable bonds is 3. The number of nitro groups is 1. The highest BCUT2D eigenvalue weighted by Gasteiger charge is 2.28. The van der Waals surface area contributed by atoms with Gasteiger partial charge in [0.2, 0.25) is 5.82 Å². The fourth-order valence-corrected chi connectivity index (χ4v) is 2.45. The number of halogens is 1. The molecule has 1 aliphatic rings. The van der Waals surface area contributed by atoms with Crippen LogP contribution in [0.4, 0.5) is 11.5 Å². The molecule has 6 nitrogen and oxygen atoms in total. The molecule has 0 aromatic carbocycles. The van der Waals surface area contributed by atoms with Gasteiger partial charge in [0.15, 0.2) is 0 Å². The molecule has 1 atom stereocenters. The van der Waals surface area contributed by atoms with E-state index < -0.39 is 4.92 Å². The Morgan fingerprint density at radius 1 is 1.61 bits per heavy atom. The molecule has 2 rings (SSSR count). The molecule has 2 heterocycles. The number of aromatic nitrogens is 1. The number of piperidine rings is 1. The second-order valence-electron chi connectivity index (χ2n) is 4.33. The Labute approximate surface area is 110 Å². The van der Waals surface area contributed by atoms with Crippen LogP contribution in [0, 0.1) is 10.1 Å². The summed E-state index contributed by atoms with van der Waals surface area (Å²) in [6.07, 6.45) is 4.47. The number of anilines is 1. The van der Waals surface area contributed by atoms with Gasteiger partial charge >= 0.3 is 5.69 Å². The van der Waals surface area contributed by atoms with E-state index in [1.165, 1.54) is 12.3 Å². The maximum absolute atomic E-state index is 11.1. The second-order valence-corrected chi connectivity index (χ2v) is 4.77. The van der Waals surface area contributed by atoms with Crippen LogP contribution in [0.1, 0.15) is 19.3 Å². The number of hydrogen-bond donors (Lipinski definition) is 1. The van der Waals surface area contributed by atoms with Crippen molar-refractivity contribution in [2.24, 2.45) is 5.73 Å². The van der Waals surface area contributed by atoms with E-state index in [0.717, 1.165) is 25.8 Å². The van der Waals surface area contributed by atoms with E-state index in [2.05, 4.69) is 4.98 Å². The molecule has 0 radical (unpaired) electrons. The second kappa shape index (κ2) is 5.49. The summed E-state index contributed by atoms with van der Waals surface area (Å²) in [7, 11) is 0. The van der Waals surface area contributed by atoms with Crippen molar-refractivity contribution < 1.29 is 4.92 Å². The van der Waals surface area contributed by atoms with Crippen LogP contribution in [-0.4, -0.2) is 29.0 Å². The fourth-order valence-electron chi connectivity index (χ4n) is 2.30. The highest BCUT2D eigenvalue weighted by molar-refractivity contribution is 6.30. The Balaban J connectivity index is 2.39. The summed E-state index contributed by atoms with van der Waals surface area (Å²) in [5.41, 5.74) is 5.67. The van der Waals surface area contributed by atoms with Gasteiger partial charge < -0.3 is 10.6 Å². The molecule has 1 unspecified atom stereocenters. The molecule has 1 fully saturated rings. The van der Waals surface area contributed by atoms with Gasteiger partial charge in [-0.05, 0) is 19.3 Å². The largest absolute Gasteiger partial charge is 0.347 e. The van der Waals surface area contributed by atoms with E-state index in [1.54, 1.807) is 0 Å². The molecule has 0 spiro atoms. The maximum Gasteiger partial charge on any atom is 0.313 e. The number of nitrogens with two attached hydrogens (primary N) is 1. The molecule has 1 aromatic heterocycles. The van der Waals surface area contributed by atoms with Gasteiger partial charge in [-0.3, -0.25) is 10.1 Å². The molecule has 0 saturated carbocycles. The van der Waals surface area contributed by atoms with Gasteiger partial charge in [0.1, 0.15) is 0 Å². The standard InChI is InChI=1S/C11H15ClN4O2/c12-8-5-10(16(17)18)11(14-7-8)15-4-2-1-3-9(15)6-13/h5,7,9H,1-4,6,13H2. The Kier molecular flexibility index (Phi) is 3.98. The van der Waals surface area contributed by atoms with Crippen LogP contribution in [0.25, 0.3) is 0 Å². The van der Waals surface area contributed by atoms with Gasteiger partial charge in [-0.2, -0.15) is 0 Å². The summed E-state index contributed by atoms with van der Waals surface area (Å²) in [5, 5.41) is 11.3. The molecule has 0 amide bonds. The monoisotopic (exact) mass is 270 g/mol. The zero-order chi connectivity index (χ0) is 13.1. The van der Waals surface area contributed by atoms with Crippen molar-refractivity contribution in [3.63, 3.8) is 0 Å². The van der Waals surface area contributed by atoms with E-state index in [-0.39, 0.29) is 16.8 Å². The summed E-state index contributed by atoms with van der Waals surface area (Å²) in [6, 6.07) is 1.46. The Bertz CT molecular complexity index is 455. The zero-order valence-corrected chi connectivity index (χ0v) is 10.6. The molecule has 2 N–H and O–H groups in total. The van der Waals surface area contributed by atoms with Gasteiger partial charge in [0.25, 0.3) is 0 Å². The first kappa shape index (κ1) is 13.0. The predicted molar refractivity (Wildman–Crippen MR) is 69.9 cm³/mol. The number of nitrogens with zero attached hydrogens (tertiary/aromatic N) is 3. The molecule has 18 heavy (non-hydrogen) atoms. The van der Waals surface area contributed by atoms with Crippen molar-refractivity contribution >= 4 is 23.1 Å². The molecular weight excluding hydrogens is 256 g/mol. The minimum Gasteiger partial charge on any atom is -0.347 e. The quantitative estimate of drug-likeness (QED) is 0.670. The van der Waals surface area contributed by atoms with Crippen LogP contribution < -0.4 is 10.6 Å². The van der Waals surface area contributed by atoms with Crippen LogP contribution in [-0.2, 0) is 0 Å². The third-order valence-electron chi connectivity index (χ3n) is 3.18. The van der Waals surface area contributed by atoms with Crippen LogP contribution in [0.2, 0.25) is 5.02 Å². The molecular formula is C11H15ClN4O2. The lowest BCUT2D eigenvalue weighted by molar-refractivity contribution is -0.384. The summed E-state index contributed by atoms with van der Waals surface area (Å²) >= 11 is 5.76. The minimum absolute atomic E-state index is 0.0529. The number of hydrogen-bond acceptors (Lipinski definition) is 5. The van der Waals surface area contributed by atoms with Gasteiger partial charge in [0, 0.05) is 31.4 Å². The molecule has 98 valence electrons. The Hall–Kier alpha value is -1.40. The first-order chi connectivity index (χ1) is 8.63. The molecule has 1 saturated heterocycles. The lowest BCUT2D eigenvalue weighted by Crippen LogP contribution is -2.44. The summed E-state index contributed by atoms with van der Waals surface area (Å²) < 4.78 is 0. The molecule has 0 bridgehead atoms. The fraction of sp³-hybridized carbons (Fsp3) is 0.545. The van der Waals surface area contributed by atoms with E-state index in [1.807, 2.05) is 4.90 Å². The van der Waals surface area contributed by atoms with Crippen molar-refractivity contribution in [3.8, 4) is 0 Å². The first-order valence-corrected chi connectivity index (χ1v) is 6.28. The molecule has 1 aliphatic heterocycles. The lowest BCUT2D eigenvalue weighted by Gasteiger charge is -2.35. The summed E-state index contributed by atoms with van der Waals surface area (Å²) in [4.78, 5) is 16.7. The van der Waals surface area contributed by atoms with Gasteiger partial charge in [-0.15, -0.1) is 0 Å². The minimum atomic E-state index is -0.448. The summed E-state index contributed by atoms with van der Waals surface area (Å²) in [5.74, 6) is 0.375. The SMILES string of the molecule is NCC1CCCCN1c1ncc(Cl)cc1[N+](=O)[O-]. The third kappa shape index (κ3) is 2.54. The average Bonchev–Trinajstić information content (AvgIpc) is 2.38. The molecule has 7 heteroatoms. The average molecular weight is 271 g/mol. The van der Waals surface area contributed by atoms with E-state index >= 15 is 0 Å². The van der Waals surface area contributed by atoms with E-state index in [4.69, 9.17) is 17.3 Å². The smallest absolute Gasteiger partial charge is 0.313 e. The van der Waals surface area contributed by atoms with Crippen molar-refractivity contribution in [2.45, 2.75) is 25.3 Å². The zero-order valence-electron chi connectivity index (χ0n) is 9.88. The highest BCUT2D eigenvalue weighted by Crippen LogP contribution is 2.32. The normalized spacial score (nSPS) is 19.9. The first-order valence-electron chi connectivity index (χ1n) is 5.90. The van der Waals surface area contributed by atoms with Crippen molar-refractivity contribution in [1.29, 1.82) is 0 Å². The van der Waals surface area contributed by atoms with Gasteiger partial charge in [0.05, 0.1) is 9.95 Å². The van der Waals surface area contributed by atoms with Crippen molar-refractivity contribution in [3.05, 3.63) is 27.4 Å². The predicted octanol–water partition coefficient (Wildman–Crippen LogP) is 1.96. The highest BCUT2D eigenvalue weighted by atomic mass is 35.5. The Morgan fingerprint density at radius 3 is 3.06 bits per heavy atom. The van der Waals surface area contributed by atoms with Crippen molar-refractivity contribution in [2.75, 3.05) is 18.0 Å². The van der Waals surface area contributed by atoms with Crippen LogP contribution in [0.5, 0.6) is 0 Å². The van der Waals surface area contributed by atoms with Crippen LogP contribution in [0.3, 0.4) is 0 Å².